The van der Waals surface area contributed by atoms with Crippen molar-refractivity contribution >= 4 is 16.0 Å². The molecule has 2 N–H and O–H groups in total. The Bertz CT molecular complexity index is 676. The van der Waals surface area contributed by atoms with Crippen molar-refractivity contribution in [1.82, 2.24) is 14.4 Å². The van der Waals surface area contributed by atoms with Gasteiger partial charge in [-0.25, -0.2) is 17.9 Å². The molecular weight excluding hydrogens is 302 g/mol. The molecule has 0 bridgehead atoms. The Hall–Kier alpha value is -1.68. The molecular formula is C11H17N3O6S. The first kappa shape index (κ1) is 15.7. The third-order valence-electron chi connectivity index (χ3n) is 3.40. The van der Waals surface area contributed by atoms with E-state index < -0.39 is 33.8 Å². The number of sulfonamides is 1. The van der Waals surface area contributed by atoms with Crippen LogP contribution in [-0.4, -0.2) is 41.0 Å². The van der Waals surface area contributed by atoms with E-state index in [0.29, 0.717) is 18.7 Å². The van der Waals surface area contributed by atoms with Gasteiger partial charge in [0, 0.05) is 6.42 Å². The van der Waals surface area contributed by atoms with E-state index in [9.17, 15) is 18.0 Å². The van der Waals surface area contributed by atoms with Crippen molar-refractivity contribution in [3.05, 3.63) is 16.4 Å². The van der Waals surface area contributed by atoms with Crippen LogP contribution >= 0.6 is 0 Å². The molecule has 9 nitrogen and oxygen atoms in total. The van der Waals surface area contributed by atoms with Crippen LogP contribution in [0.5, 0.6) is 0 Å². The number of nitrogens with one attached hydrogen (secondary N) is 1. The fourth-order valence-electron chi connectivity index (χ4n) is 2.38. The molecule has 21 heavy (non-hydrogen) atoms. The standard InChI is InChI=1S/C11H17N3O6S/c1-7(10(15)16)13-21(18,19)6-8-4-2-3-5-9-12-20-11(17)14(8)9/h7-8,13H,2-6H2,1H3,(H,15,16)/t7-,8?/m0/s1. The summed E-state index contributed by atoms with van der Waals surface area (Å²) < 4.78 is 32.0. The molecule has 10 heteroatoms. The van der Waals surface area contributed by atoms with E-state index in [-0.39, 0.29) is 5.75 Å². The van der Waals surface area contributed by atoms with Crippen LogP contribution in [0, 0.1) is 0 Å². The number of aryl methyl sites for hydroxylation is 1. The molecule has 118 valence electrons. The molecule has 0 spiro atoms. The van der Waals surface area contributed by atoms with Crippen LogP contribution in [0.4, 0.5) is 0 Å². The molecule has 2 rings (SSSR count). The lowest BCUT2D eigenvalue weighted by Gasteiger charge is -2.17. The Labute approximate surface area is 121 Å². The minimum atomic E-state index is -3.84. The molecule has 0 saturated heterocycles. The maximum Gasteiger partial charge on any atom is 0.441 e. The summed E-state index contributed by atoms with van der Waals surface area (Å²) in [6.45, 7) is 1.24. The number of hydrogen-bond donors (Lipinski definition) is 2. The van der Waals surface area contributed by atoms with Crippen molar-refractivity contribution in [1.29, 1.82) is 0 Å². The Morgan fingerprint density at radius 3 is 2.95 bits per heavy atom. The number of rotatable bonds is 5. The summed E-state index contributed by atoms with van der Waals surface area (Å²) in [6, 6.07) is -1.82. The number of carbonyl (C=O) groups is 1. The lowest BCUT2D eigenvalue weighted by atomic mass is 10.1. The highest BCUT2D eigenvalue weighted by Crippen LogP contribution is 2.22. The molecule has 1 aliphatic heterocycles. The normalized spacial score (nSPS) is 20.5. The van der Waals surface area contributed by atoms with Crippen molar-refractivity contribution in [2.45, 2.75) is 44.7 Å². The van der Waals surface area contributed by atoms with Crippen LogP contribution in [-0.2, 0) is 21.2 Å². The minimum absolute atomic E-state index is 0.376. The predicted molar refractivity (Wildman–Crippen MR) is 71.4 cm³/mol. The van der Waals surface area contributed by atoms with Crippen LogP contribution in [0.2, 0.25) is 0 Å². The monoisotopic (exact) mass is 319 g/mol. The largest absolute Gasteiger partial charge is 0.480 e. The number of aromatic nitrogens is 2. The molecule has 0 radical (unpaired) electrons. The molecule has 1 aromatic heterocycles. The van der Waals surface area contributed by atoms with Crippen molar-refractivity contribution in [2.75, 3.05) is 5.75 Å². The van der Waals surface area contributed by atoms with Gasteiger partial charge in [-0.05, 0) is 19.8 Å². The number of aliphatic carboxylic acids is 1. The van der Waals surface area contributed by atoms with Gasteiger partial charge in [0.1, 0.15) is 6.04 Å². The van der Waals surface area contributed by atoms with Crippen molar-refractivity contribution in [2.24, 2.45) is 0 Å². The van der Waals surface area contributed by atoms with E-state index in [1.54, 1.807) is 0 Å². The summed E-state index contributed by atoms with van der Waals surface area (Å²) in [5.41, 5.74) is 0. The van der Waals surface area contributed by atoms with Gasteiger partial charge in [0.25, 0.3) is 0 Å². The number of nitrogens with zero attached hydrogens (tertiary/aromatic N) is 2. The first-order valence-corrected chi connectivity index (χ1v) is 8.25. The summed E-state index contributed by atoms with van der Waals surface area (Å²) >= 11 is 0. The quantitative estimate of drug-likeness (QED) is 0.747. The number of carboxylic acids is 1. The van der Waals surface area contributed by atoms with Gasteiger partial charge >= 0.3 is 11.7 Å². The average molecular weight is 319 g/mol. The van der Waals surface area contributed by atoms with Gasteiger partial charge in [0.2, 0.25) is 10.0 Å². The Morgan fingerprint density at radius 1 is 1.57 bits per heavy atom. The van der Waals surface area contributed by atoms with Crippen LogP contribution in [0.25, 0.3) is 0 Å². The summed E-state index contributed by atoms with van der Waals surface area (Å²) in [6.07, 6.45) is 2.61. The predicted octanol–water partition coefficient (Wildman–Crippen LogP) is -0.504. The van der Waals surface area contributed by atoms with E-state index in [1.165, 1.54) is 11.5 Å². The highest BCUT2D eigenvalue weighted by atomic mass is 32.2. The van der Waals surface area contributed by atoms with Gasteiger partial charge in [-0.2, -0.15) is 0 Å². The fraction of sp³-hybridized carbons (Fsp3) is 0.727. The summed E-state index contributed by atoms with van der Waals surface area (Å²) in [5.74, 6) is -1.89. The molecule has 1 aliphatic rings. The maximum absolute atomic E-state index is 12.0. The van der Waals surface area contributed by atoms with Gasteiger partial charge in [0.15, 0.2) is 5.82 Å². The molecule has 0 amide bonds. The first-order valence-electron chi connectivity index (χ1n) is 6.60. The SMILES string of the molecule is C[C@H](NS(=O)(=O)CC1CCCCc2noc(=O)n21)C(=O)O. The summed E-state index contributed by atoms with van der Waals surface area (Å²) in [7, 11) is -3.84. The second-order valence-corrected chi connectivity index (χ2v) is 6.89. The second kappa shape index (κ2) is 5.98. The van der Waals surface area contributed by atoms with Crippen LogP contribution in [0.3, 0.4) is 0 Å². The zero-order valence-corrected chi connectivity index (χ0v) is 12.3. The highest BCUT2D eigenvalue weighted by Gasteiger charge is 2.29. The van der Waals surface area contributed by atoms with Gasteiger partial charge < -0.3 is 5.11 Å². The van der Waals surface area contributed by atoms with E-state index >= 15 is 0 Å². The van der Waals surface area contributed by atoms with Gasteiger partial charge in [-0.1, -0.05) is 11.6 Å². The highest BCUT2D eigenvalue weighted by molar-refractivity contribution is 7.89. The molecule has 0 aliphatic carbocycles. The maximum atomic E-state index is 12.0. The van der Waals surface area contributed by atoms with Crippen LogP contribution < -0.4 is 10.5 Å². The second-order valence-electron chi connectivity index (χ2n) is 5.09. The van der Waals surface area contributed by atoms with E-state index in [2.05, 4.69) is 14.4 Å². The first-order chi connectivity index (χ1) is 9.80. The van der Waals surface area contributed by atoms with Crippen LogP contribution in [0.1, 0.15) is 38.1 Å². The van der Waals surface area contributed by atoms with Gasteiger partial charge in [-0.15, -0.1) is 0 Å². The number of fused-ring (bicyclic) bond motifs is 1. The Kier molecular flexibility index (Phi) is 4.47. The summed E-state index contributed by atoms with van der Waals surface area (Å²) in [4.78, 5) is 22.4. The smallest absolute Gasteiger partial charge is 0.441 e. The number of hydrogen-bond acceptors (Lipinski definition) is 6. The molecule has 0 fully saturated rings. The van der Waals surface area contributed by atoms with E-state index in [1.807, 2.05) is 0 Å². The lowest BCUT2D eigenvalue weighted by molar-refractivity contribution is -0.138. The molecule has 1 aromatic rings. The van der Waals surface area contributed by atoms with E-state index in [4.69, 9.17) is 5.11 Å². The van der Waals surface area contributed by atoms with Crippen molar-refractivity contribution in [3.63, 3.8) is 0 Å². The summed E-state index contributed by atoms with van der Waals surface area (Å²) in [5, 5.41) is 12.4. The Morgan fingerprint density at radius 2 is 2.29 bits per heavy atom. The lowest BCUT2D eigenvalue weighted by Crippen LogP contribution is -2.41. The fourth-order valence-corrected chi connectivity index (χ4v) is 3.94. The minimum Gasteiger partial charge on any atom is -0.480 e. The van der Waals surface area contributed by atoms with Gasteiger partial charge in [-0.3, -0.25) is 13.9 Å². The number of carboxylic acid groups (broad SMARTS) is 1. The molecule has 1 unspecified atom stereocenters. The topological polar surface area (TPSA) is 132 Å². The third kappa shape index (κ3) is 3.70. The Balaban J connectivity index is 2.21. The molecule has 2 heterocycles. The molecule has 0 saturated carbocycles. The molecule has 2 atom stereocenters. The molecule has 0 aromatic carbocycles. The third-order valence-corrected chi connectivity index (χ3v) is 4.93. The van der Waals surface area contributed by atoms with Gasteiger partial charge in [0.05, 0.1) is 11.8 Å². The van der Waals surface area contributed by atoms with E-state index in [0.717, 1.165) is 12.8 Å². The van der Waals surface area contributed by atoms with Crippen LogP contribution in [0.15, 0.2) is 9.32 Å². The van der Waals surface area contributed by atoms with Crippen molar-refractivity contribution in [3.8, 4) is 0 Å². The average Bonchev–Trinajstić information content (AvgIpc) is 2.62. The zero-order valence-electron chi connectivity index (χ0n) is 11.5. The zero-order chi connectivity index (χ0) is 15.6. The van der Waals surface area contributed by atoms with Crippen molar-refractivity contribution < 1.29 is 22.8 Å².